The molecule has 0 aliphatic heterocycles. The lowest BCUT2D eigenvalue weighted by molar-refractivity contribution is -0.255. The fourth-order valence-corrected chi connectivity index (χ4v) is 1.24. The summed E-state index contributed by atoms with van der Waals surface area (Å²) in [6.45, 7) is -1.50. The first kappa shape index (κ1) is 13.7. The number of pyridine rings is 1. The number of hydrogen-bond acceptors (Lipinski definition) is 4. The van der Waals surface area contributed by atoms with Gasteiger partial charge in [-0.25, -0.2) is 9.37 Å². The van der Waals surface area contributed by atoms with E-state index in [1.54, 1.807) is 5.32 Å². The van der Waals surface area contributed by atoms with Gasteiger partial charge in [0.25, 0.3) is 0 Å². The minimum atomic E-state index is -4.56. The number of aromatic carboxylic acids is 1. The van der Waals surface area contributed by atoms with E-state index in [0.29, 0.717) is 6.07 Å². The molecule has 0 aliphatic rings. The fourth-order valence-electron chi connectivity index (χ4n) is 0.952. The standard InChI is InChI=1S/C8H5BrF4N2O2/c9-6-3(10)1-4(5(15-6)7(16)17)14-2-8(11,12)13/h1,14H,2H2,(H,16,17)/p-1. The summed E-state index contributed by atoms with van der Waals surface area (Å²) in [6.07, 6.45) is -4.56. The topological polar surface area (TPSA) is 65.0 Å². The van der Waals surface area contributed by atoms with E-state index in [4.69, 9.17) is 0 Å². The van der Waals surface area contributed by atoms with Crippen LogP contribution in [0.25, 0.3) is 0 Å². The minimum Gasteiger partial charge on any atom is -0.543 e. The molecule has 0 atom stereocenters. The van der Waals surface area contributed by atoms with Crippen molar-refractivity contribution >= 4 is 27.6 Å². The number of anilines is 1. The Hall–Kier alpha value is -1.38. The Morgan fingerprint density at radius 2 is 2.12 bits per heavy atom. The fraction of sp³-hybridized carbons (Fsp3) is 0.250. The Balaban J connectivity index is 3.05. The molecule has 0 bridgehead atoms. The Morgan fingerprint density at radius 1 is 1.53 bits per heavy atom. The molecule has 17 heavy (non-hydrogen) atoms. The predicted molar refractivity (Wildman–Crippen MR) is 50.8 cm³/mol. The van der Waals surface area contributed by atoms with Crippen molar-refractivity contribution in [3.8, 4) is 0 Å². The molecule has 0 saturated heterocycles. The van der Waals surface area contributed by atoms with E-state index in [-0.39, 0.29) is 0 Å². The third-order valence-corrected chi connectivity index (χ3v) is 2.16. The van der Waals surface area contributed by atoms with Gasteiger partial charge in [-0.15, -0.1) is 0 Å². The van der Waals surface area contributed by atoms with Crippen molar-refractivity contribution in [3.05, 3.63) is 22.2 Å². The maximum atomic E-state index is 13.0. The van der Waals surface area contributed by atoms with Crippen molar-refractivity contribution in [2.45, 2.75) is 6.18 Å². The average Bonchev–Trinajstić information content (AvgIpc) is 2.17. The molecule has 1 heterocycles. The van der Waals surface area contributed by atoms with Crippen LogP contribution in [0.15, 0.2) is 10.7 Å². The van der Waals surface area contributed by atoms with Crippen LogP contribution < -0.4 is 10.4 Å². The molecular weight excluding hydrogens is 312 g/mol. The summed E-state index contributed by atoms with van der Waals surface area (Å²) in [6, 6.07) is 0.591. The molecule has 4 nitrogen and oxygen atoms in total. The molecule has 0 fully saturated rings. The number of nitrogens with one attached hydrogen (secondary N) is 1. The van der Waals surface area contributed by atoms with Gasteiger partial charge < -0.3 is 15.2 Å². The number of aromatic nitrogens is 1. The van der Waals surface area contributed by atoms with Crippen LogP contribution in [0.4, 0.5) is 23.2 Å². The van der Waals surface area contributed by atoms with Crippen LogP contribution in [-0.4, -0.2) is 23.7 Å². The molecule has 1 aromatic rings. The molecule has 0 amide bonds. The van der Waals surface area contributed by atoms with Gasteiger partial charge in [-0.1, -0.05) is 0 Å². The van der Waals surface area contributed by atoms with Crippen molar-refractivity contribution in [2.75, 3.05) is 11.9 Å². The van der Waals surface area contributed by atoms with Gasteiger partial charge in [-0.05, 0) is 15.9 Å². The highest BCUT2D eigenvalue weighted by molar-refractivity contribution is 9.10. The third-order valence-electron chi connectivity index (χ3n) is 1.61. The van der Waals surface area contributed by atoms with E-state index in [1.807, 2.05) is 0 Å². The van der Waals surface area contributed by atoms with Crippen LogP contribution in [0.3, 0.4) is 0 Å². The van der Waals surface area contributed by atoms with Gasteiger partial charge in [-0.3, -0.25) is 0 Å². The average molecular weight is 316 g/mol. The molecule has 1 aromatic heterocycles. The molecule has 9 heteroatoms. The molecule has 0 spiro atoms. The maximum absolute atomic E-state index is 13.0. The Bertz CT molecular complexity index is 450. The summed E-state index contributed by atoms with van der Waals surface area (Å²) < 4.78 is 48.3. The quantitative estimate of drug-likeness (QED) is 0.675. The van der Waals surface area contributed by atoms with E-state index < -0.39 is 40.5 Å². The molecule has 0 saturated carbocycles. The molecule has 0 unspecified atom stereocenters. The number of alkyl halides is 3. The number of halogens is 5. The van der Waals surface area contributed by atoms with Gasteiger partial charge in [0.1, 0.15) is 16.8 Å². The van der Waals surface area contributed by atoms with Crippen molar-refractivity contribution in [1.82, 2.24) is 4.98 Å². The van der Waals surface area contributed by atoms with Crippen molar-refractivity contribution in [3.63, 3.8) is 0 Å². The van der Waals surface area contributed by atoms with E-state index in [0.717, 1.165) is 0 Å². The number of nitrogens with zero attached hydrogens (tertiary/aromatic N) is 1. The van der Waals surface area contributed by atoms with Crippen LogP contribution in [0.5, 0.6) is 0 Å². The van der Waals surface area contributed by atoms with Crippen LogP contribution in [0.2, 0.25) is 0 Å². The third kappa shape index (κ3) is 3.84. The number of carbonyl (C=O) groups excluding carboxylic acids is 1. The highest BCUT2D eigenvalue weighted by atomic mass is 79.9. The normalized spacial score (nSPS) is 11.4. The molecule has 0 aliphatic carbocycles. The number of rotatable bonds is 3. The highest BCUT2D eigenvalue weighted by Gasteiger charge is 2.27. The van der Waals surface area contributed by atoms with Crippen LogP contribution in [0, 0.1) is 5.82 Å². The lowest BCUT2D eigenvalue weighted by Gasteiger charge is -2.14. The van der Waals surface area contributed by atoms with Crippen molar-refractivity contribution in [2.24, 2.45) is 0 Å². The Kier molecular flexibility index (Phi) is 3.91. The second-order valence-corrected chi connectivity index (χ2v) is 3.66. The first-order chi connectivity index (χ1) is 7.70. The van der Waals surface area contributed by atoms with Gasteiger partial charge in [0, 0.05) is 6.07 Å². The van der Waals surface area contributed by atoms with Crippen molar-refractivity contribution < 1.29 is 27.5 Å². The Morgan fingerprint density at radius 3 is 2.59 bits per heavy atom. The summed E-state index contributed by atoms with van der Waals surface area (Å²) in [4.78, 5) is 13.8. The molecule has 0 aromatic carbocycles. The van der Waals surface area contributed by atoms with E-state index >= 15 is 0 Å². The van der Waals surface area contributed by atoms with E-state index in [9.17, 15) is 27.5 Å². The van der Waals surface area contributed by atoms with Gasteiger partial charge >= 0.3 is 6.18 Å². The molecule has 94 valence electrons. The highest BCUT2D eigenvalue weighted by Crippen LogP contribution is 2.22. The van der Waals surface area contributed by atoms with E-state index in [2.05, 4.69) is 20.9 Å². The second-order valence-electron chi connectivity index (χ2n) is 2.91. The Labute approximate surface area is 101 Å². The molecule has 1 N–H and O–H groups in total. The van der Waals surface area contributed by atoms with Gasteiger partial charge in [0.05, 0.1) is 11.7 Å². The summed E-state index contributed by atoms with van der Waals surface area (Å²) in [5.41, 5.74) is -1.40. The largest absolute Gasteiger partial charge is 0.543 e. The lowest BCUT2D eigenvalue weighted by Crippen LogP contribution is -2.28. The van der Waals surface area contributed by atoms with Crippen LogP contribution in [0.1, 0.15) is 10.5 Å². The smallest absolute Gasteiger partial charge is 0.405 e. The molecule has 0 radical (unpaired) electrons. The summed E-state index contributed by atoms with van der Waals surface area (Å²) in [7, 11) is 0. The van der Waals surface area contributed by atoms with Crippen LogP contribution in [-0.2, 0) is 0 Å². The van der Waals surface area contributed by atoms with Gasteiger partial charge in [0.2, 0.25) is 0 Å². The number of hydrogen-bond donors (Lipinski definition) is 1. The number of carbonyl (C=O) groups is 1. The first-order valence-corrected chi connectivity index (χ1v) is 4.88. The molecular formula is C8H4BrF4N2O2-. The molecule has 1 rings (SSSR count). The second kappa shape index (κ2) is 4.86. The zero-order chi connectivity index (χ0) is 13.2. The van der Waals surface area contributed by atoms with Crippen LogP contribution >= 0.6 is 15.9 Å². The monoisotopic (exact) mass is 315 g/mol. The summed E-state index contributed by atoms with van der Waals surface area (Å²) in [5.74, 6) is -2.80. The minimum absolute atomic E-state index is 0.422. The number of carboxylic acid groups (broad SMARTS) is 1. The van der Waals surface area contributed by atoms with Gasteiger partial charge in [-0.2, -0.15) is 13.2 Å². The summed E-state index contributed by atoms with van der Waals surface area (Å²) >= 11 is 2.61. The lowest BCUT2D eigenvalue weighted by atomic mass is 10.3. The van der Waals surface area contributed by atoms with Gasteiger partial charge in [0.15, 0.2) is 5.82 Å². The van der Waals surface area contributed by atoms with Crippen molar-refractivity contribution in [1.29, 1.82) is 0 Å². The van der Waals surface area contributed by atoms with E-state index in [1.165, 1.54) is 0 Å². The first-order valence-electron chi connectivity index (χ1n) is 4.08. The maximum Gasteiger partial charge on any atom is 0.405 e. The SMILES string of the molecule is O=C([O-])c1nc(Br)c(F)cc1NCC(F)(F)F. The zero-order valence-corrected chi connectivity index (χ0v) is 9.52. The summed E-state index contributed by atoms with van der Waals surface area (Å²) in [5, 5.41) is 12.3. The number of carboxylic acids is 1. The predicted octanol–water partition coefficient (Wildman–Crippen LogP) is 1.32. The zero-order valence-electron chi connectivity index (χ0n) is 7.94.